The minimum atomic E-state index is -3.64. The van der Waals surface area contributed by atoms with E-state index < -0.39 is 21.9 Å². The van der Waals surface area contributed by atoms with E-state index in [0.717, 1.165) is 6.42 Å². The lowest BCUT2D eigenvalue weighted by atomic mass is 9.99. The highest BCUT2D eigenvalue weighted by atomic mass is 79.9. The summed E-state index contributed by atoms with van der Waals surface area (Å²) in [6.45, 7) is 2.92. The van der Waals surface area contributed by atoms with Crippen LogP contribution in [-0.4, -0.2) is 43.5 Å². The van der Waals surface area contributed by atoms with Crippen molar-refractivity contribution >= 4 is 31.9 Å². The Hall–Kier alpha value is -1.12. The van der Waals surface area contributed by atoms with Crippen LogP contribution in [-0.2, 0) is 14.8 Å². The van der Waals surface area contributed by atoms with Crippen molar-refractivity contribution in [2.75, 3.05) is 19.7 Å². The predicted octanol–water partition coefficient (Wildman–Crippen LogP) is 2.72. The molecule has 0 unspecified atom stereocenters. The number of nitrogens with zero attached hydrogens (tertiary/aromatic N) is 1. The summed E-state index contributed by atoms with van der Waals surface area (Å²) >= 11 is 3.35. The van der Waals surface area contributed by atoms with Crippen molar-refractivity contribution in [3.63, 3.8) is 0 Å². The number of halogens is 1. The Balaban J connectivity index is 2.18. The lowest BCUT2D eigenvalue weighted by Crippen LogP contribution is -2.40. The molecule has 1 saturated heterocycles. The fourth-order valence-corrected chi connectivity index (χ4v) is 4.31. The number of aliphatic carboxylic acids is 1. The summed E-state index contributed by atoms with van der Waals surface area (Å²) in [7, 11) is -3.64. The first-order valence-electron chi connectivity index (χ1n) is 7.51. The first-order valence-corrected chi connectivity index (χ1v) is 9.75. The smallest absolute Gasteiger partial charge is 0.306 e. The number of hydrogen-bond acceptors (Lipinski definition) is 4. The minimum Gasteiger partial charge on any atom is -0.492 e. The number of rotatable bonds is 6. The van der Waals surface area contributed by atoms with E-state index in [1.807, 2.05) is 6.92 Å². The van der Waals surface area contributed by atoms with Crippen molar-refractivity contribution in [3.05, 3.63) is 22.7 Å². The second-order valence-corrected chi connectivity index (χ2v) is 8.25. The van der Waals surface area contributed by atoms with Crippen molar-refractivity contribution in [1.82, 2.24) is 4.31 Å². The fraction of sp³-hybridized carbons (Fsp3) is 0.533. The van der Waals surface area contributed by atoms with Gasteiger partial charge in [0.05, 0.1) is 21.9 Å². The van der Waals surface area contributed by atoms with E-state index in [4.69, 9.17) is 9.84 Å². The Morgan fingerprint density at radius 1 is 1.39 bits per heavy atom. The van der Waals surface area contributed by atoms with Crippen LogP contribution in [0.2, 0.25) is 0 Å². The summed E-state index contributed by atoms with van der Waals surface area (Å²) in [4.78, 5) is 11.1. The molecule has 0 radical (unpaired) electrons. The highest BCUT2D eigenvalue weighted by Gasteiger charge is 2.32. The summed E-state index contributed by atoms with van der Waals surface area (Å²) in [6, 6.07) is 4.70. The molecule has 1 aromatic carbocycles. The van der Waals surface area contributed by atoms with E-state index in [9.17, 15) is 13.2 Å². The summed E-state index contributed by atoms with van der Waals surface area (Å²) in [5.74, 6) is -0.830. The lowest BCUT2D eigenvalue weighted by Gasteiger charge is -2.29. The van der Waals surface area contributed by atoms with Gasteiger partial charge in [0.15, 0.2) is 0 Å². The molecule has 1 N–H and O–H groups in total. The normalized spacial score (nSPS) is 17.1. The van der Waals surface area contributed by atoms with Crippen LogP contribution < -0.4 is 4.74 Å². The molecular weight excluding hydrogens is 386 g/mol. The molecule has 1 heterocycles. The molecule has 0 saturated carbocycles. The Kier molecular flexibility index (Phi) is 6.05. The number of benzene rings is 1. The topological polar surface area (TPSA) is 83.9 Å². The van der Waals surface area contributed by atoms with Crippen LogP contribution in [0.4, 0.5) is 0 Å². The molecule has 8 heteroatoms. The molecule has 0 spiro atoms. The molecular formula is C15H20BrNO5S. The Morgan fingerprint density at radius 3 is 2.61 bits per heavy atom. The molecule has 0 aromatic heterocycles. The molecule has 0 amide bonds. The SMILES string of the molecule is CCCOc1cc(S(=O)(=O)N2CCC(C(=O)O)CC2)ccc1Br. The zero-order chi connectivity index (χ0) is 17.0. The largest absolute Gasteiger partial charge is 0.492 e. The third kappa shape index (κ3) is 4.24. The van der Waals surface area contributed by atoms with Crippen LogP contribution in [0, 0.1) is 5.92 Å². The highest BCUT2D eigenvalue weighted by Crippen LogP contribution is 2.31. The van der Waals surface area contributed by atoms with Gasteiger partial charge in [-0.25, -0.2) is 8.42 Å². The van der Waals surface area contributed by atoms with E-state index in [1.165, 1.54) is 16.4 Å². The van der Waals surface area contributed by atoms with E-state index in [2.05, 4.69) is 15.9 Å². The van der Waals surface area contributed by atoms with Crippen LogP contribution in [0.1, 0.15) is 26.2 Å². The number of carbonyl (C=O) groups is 1. The number of carboxylic acids is 1. The van der Waals surface area contributed by atoms with Crippen LogP contribution in [0.5, 0.6) is 5.75 Å². The van der Waals surface area contributed by atoms with Gasteiger partial charge in [0.2, 0.25) is 10.0 Å². The molecule has 1 fully saturated rings. The molecule has 2 rings (SSSR count). The van der Waals surface area contributed by atoms with Crippen molar-refractivity contribution in [3.8, 4) is 5.75 Å². The van der Waals surface area contributed by atoms with Gasteiger partial charge in [-0.3, -0.25) is 4.79 Å². The number of ether oxygens (including phenoxy) is 1. The molecule has 1 aromatic rings. The molecule has 1 aliphatic rings. The first-order chi connectivity index (χ1) is 10.9. The Bertz CT molecular complexity index is 668. The standard InChI is InChI=1S/C15H20BrNO5S/c1-2-9-22-14-10-12(3-4-13(14)16)23(20,21)17-7-5-11(6-8-17)15(18)19/h3-4,10-11H,2,5-9H2,1H3,(H,18,19). The molecule has 23 heavy (non-hydrogen) atoms. The maximum atomic E-state index is 12.7. The molecule has 128 valence electrons. The van der Waals surface area contributed by atoms with Gasteiger partial charge in [-0.2, -0.15) is 4.31 Å². The zero-order valence-corrected chi connectivity index (χ0v) is 15.3. The van der Waals surface area contributed by atoms with Crippen LogP contribution in [0.25, 0.3) is 0 Å². The van der Waals surface area contributed by atoms with E-state index >= 15 is 0 Å². The highest BCUT2D eigenvalue weighted by molar-refractivity contribution is 9.10. The van der Waals surface area contributed by atoms with Gasteiger partial charge in [-0.05, 0) is 47.3 Å². The fourth-order valence-electron chi connectivity index (χ4n) is 2.46. The number of sulfonamides is 1. The molecule has 0 aliphatic carbocycles. The molecule has 1 aliphatic heterocycles. The second kappa shape index (κ2) is 7.63. The van der Waals surface area contributed by atoms with Gasteiger partial charge in [0, 0.05) is 19.2 Å². The number of carboxylic acid groups (broad SMARTS) is 1. The van der Waals surface area contributed by atoms with Crippen molar-refractivity contribution < 1.29 is 23.1 Å². The maximum Gasteiger partial charge on any atom is 0.306 e. The van der Waals surface area contributed by atoms with Gasteiger partial charge in [-0.1, -0.05) is 6.92 Å². The molecule has 0 atom stereocenters. The average Bonchev–Trinajstić information content (AvgIpc) is 2.54. The third-order valence-corrected chi connectivity index (χ3v) is 6.36. The van der Waals surface area contributed by atoms with Crippen LogP contribution in [0.3, 0.4) is 0 Å². The van der Waals surface area contributed by atoms with Gasteiger partial charge in [-0.15, -0.1) is 0 Å². The Morgan fingerprint density at radius 2 is 2.04 bits per heavy atom. The third-order valence-electron chi connectivity index (χ3n) is 3.81. The van der Waals surface area contributed by atoms with Crippen LogP contribution >= 0.6 is 15.9 Å². The Labute approximate surface area is 144 Å². The molecule has 6 nitrogen and oxygen atoms in total. The quantitative estimate of drug-likeness (QED) is 0.786. The van der Waals surface area contributed by atoms with Gasteiger partial charge in [0.1, 0.15) is 5.75 Å². The summed E-state index contributed by atoms with van der Waals surface area (Å²) in [5, 5.41) is 9.00. The van der Waals surface area contributed by atoms with Gasteiger partial charge < -0.3 is 9.84 Å². The van der Waals surface area contributed by atoms with Crippen molar-refractivity contribution in [1.29, 1.82) is 0 Å². The first kappa shape index (κ1) is 18.2. The maximum absolute atomic E-state index is 12.7. The van der Waals surface area contributed by atoms with E-state index in [0.29, 0.717) is 29.7 Å². The van der Waals surface area contributed by atoms with Crippen molar-refractivity contribution in [2.24, 2.45) is 5.92 Å². The van der Waals surface area contributed by atoms with Gasteiger partial charge >= 0.3 is 5.97 Å². The van der Waals surface area contributed by atoms with E-state index in [1.54, 1.807) is 6.07 Å². The second-order valence-electron chi connectivity index (χ2n) is 5.46. The summed E-state index contributed by atoms with van der Waals surface area (Å²) in [5.41, 5.74) is 0. The number of hydrogen-bond donors (Lipinski definition) is 1. The summed E-state index contributed by atoms with van der Waals surface area (Å²) in [6.07, 6.45) is 1.50. The monoisotopic (exact) mass is 405 g/mol. The van der Waals surface area contributed by atoms with Crippen LogP contribution in [0.15, 0.2) is 27.6 Å². The zero-order valence-electron chi connectivity index (χ0n) is 12.9. The molecule has 0 bridgehead atoms. The average molecular weight is 406 g/mol. The summed E-state index contributed by atoms with van der Waals surface area (Å²) < 4.78 is 33.0. The number of piperidine rings is 1. The van der Waals surface area contributed by atoms with Crippen molar-refractivity contribution in [2.45, 2.75) is 31.1 Å². The minimum absolute atomic E-state index is 0.167. The predicted molar refractivity (Wildman–Crippen MR) is 89.0 cm³/mol. The van der Waals surface area contributed by atoms with Gasteiger partial charge in [0.25, 0.3) is 0 Å². The van der Waals surface area contributed by atoms with E-state index in [-0.39, 0.29) is 18.0 Å². The lowest BCUT2D eigenvalue weighted by molar-refractivity contribution is -0.142.